The molecule has 0 radical (unpaired) electrons. The molecule has 1 fully saturated rings. The fraction of sp³-hybridized carbons (Fsp3) is 0.500. The second kappa shape index (κ2) is 7.06. The van der Waals surface area contributed by atoms with Gasteiger partial charge in [0.25, 0.3) is 5.91 Å². The molecule has 1 saturated heterocycles. The van der Waals surface area contributed by atoms with Gasteiger partial charge >= 0.3 is 0 Å². The number of carbonyl (C=O) groups excluding carboxylic acids is 1. The maximum Gasteiger partial charge on any atom is 0.272 e. The number of hydrogen-bond donors (Lipinski definition) is 1. The van der Waals surface area contributed by atoms with Crippen molar-refractivity contribution < 1.29 is 9.90 Å². The molecule has 4 heteroatoms. The van der Waals surface area contributed by atoms with Crippen LogP contribution in [0.4, 0.5) is 0 Å². The van der Waals surface area contributed by atoms with E-state index in [9.17, 15) is 4.79 Å². The van der Waals surface area contributed by atoms with Crippen LogP contribution in [0.1, 0.15) is 42.2 Å². The third-order valence-corrected chi connectivity index (χ3v) is 3.60. The monoisotopic (exact) mass is 272 g/mol. The van der Waals surface area contributed by atoms with Gasteiger partial charge in [0.15, 0.2) is 0 Å². The predicted octanol–water partition coefficient (Wildman–Crippen LogP) is 1.69. The molecule has 1 unspecified atom stereocenters. The first-order valence-electron chi connectivity index (χ1n) is 7.05. The molecule has 2 heterocycles. The molecule has 0 aliphatic carbocycles. The highest BCUT2D eigenvalue weighted by Crippen LogP contribution is 2.17. The Labute approximate surface area is 119 Å². The Kier molecular flexibility index (Phi) is 5.14. The highest BCUT2D eigenvalue weighted by molar-refractivity contribution is 5.92. The Balaban J connectivity index is 2.05. The van der Waals surface area contributed by atoms with Crippen molar-refractivity contribution in [2.45, 2.75) is 26.2 Å². The summed E-state index contributed by atoms with van der Waals surface area (Å²) in [4.78, 5) is 18.4. The van der Waals surface area contributed by atoms with Gasteiger partial charge in [0, 0.05) is 24.8 Å². The van der Waals surface area contributed by atoms with E-state index in [0.717, 1.165) is 25.9 Å². The molecule has 0 bridgehead atoms. The third kappa shape index (κ3) is 3.82. The lowest BCUT2D eigenvalue weighted by atomic mass is 10.0. The fourth-order valence-electron chi connectivity index (χ4n) is 2.36. The summed E-state index contributed by atoms with van der Waals surface area (Å²) in [5.41, 5.74) is 1.18. The second-order valence-electron chi connectivity index (χ2n) is 5.22. The summed E-state index contributed by atoms with van der Waals surface area (Å²) in [6.45, 7) is 3.69. The lowest BCUT2D eigenvalue weighted by Gasteiger charge is -2.19. The van der Waals surface area contributed by atoms with E-state index in [-0.39, 0.29) is 12.5 Å². The van der Waals surface area contributed by atoms with Crippen LogP contribution < -0.4 is 0 Å². The van der Waals surface area contributed by atoms with E-state index in [1.807, 2.05) is 4.90 Å². The number of carbonyl (C=O) groups is 1. The van der Waals surface area contributed by atoms with Crippen molar-refractivity contribution in [1.29, 1.82) is 0 Å². The number of hydrogen-bond acceptors (Lipinski definition) is 3. The van der Waals surface area contributed by atoms with Gasteiger partial charge in [-0.1, -0.05) is 18.8 Å². The molecule has 1 aromatic heterocycles. The van der Waals surface area contributed by atoms with Crippen LogP contribution in [0.3, 0.4) is 0 Å². The van der Waals surface area contributed by atoms with Crippen LogP contribution in [0.2, 0.25) is 0 Å². The normalized spacial score (nSPS) is 18.9. The van der Waals surface area contributed by atoms with Gasteiger partial charge < -0.3 is 10.0 Å². The van der Waals surface area contributed by atoms with Crippen molar-refractivity contribution >= 4 is 5.91 Å². The minimum absolute atomic E-state index is 0.000711. The summed E-state index contributed by atoms with van der Waals surface area (Å²) in [5, 5.41) is 8.63. The third-order valence-electron chi connectivity index (χ3n) is 3.60. The zero-order valence-electron chi connectivity index (χ0n) is 11.8. The smallest absolute Gasteiger partial charge is 0.272 e. The number of aromatic nitrogens is 1. The van der Waals surface area contributed by atoms with Crippen LogP contribution in [0, 0.1) is 17.8 Å². The molecule has 1 atom stereocenters. The minimum Gasteiger partial charge on any atom is -0.384 e. The van der Waals surface area contributed by atoms with Crippen molar-refractivity contribution in [3.8, 4) is 11.8 Å². The molecule has 0 saturated carbocycles. The van der Waals surface area contributed by atoms with Crippen LogP contribution in [0.15, 0.2) is 18.3 Å². The molecule has 1 aliphatic rings. The van der Waals surface area contributed by atoms with E-state index < -0.39 is 0 Å². The molecular weight excluding hydrogens is 252 g/mol. The molecule has 0 spiro atoms. The first-order chi connectivity index (χ1) is 9.70. The molecule has 1 amide bonds. The number of pyridine rings is 1. The zero-order valence-corrected chi connectivity index (χ0v) is 11.8. The lowest BCUT2D eigenvalue weighted by molar-refractivity contribution is 0.0754. The Morgan fingerprint density at radius 2 is 2.30 bits per heavy atom. The van der Waals surface area contributed by atoms with E-state index in [1.165, 1.54) is 6.42 Å². The average molecular weight is 272 g/mol. The average Bonchev–Trinajstić information content (AvgIpc) is 2.70. The maximum absolute atomic E-state index is 12.4. The quantitative estimate of drug-likeness (QED) is 0.792. The summed E-state index contributed by atoms with van der Waals surface area (Å²) in [6.07, 6.45) is 4.89. The molecule has 1 N–H and O–H groups in total. The van der Waals surface area contributed by atoms with Crippen molar-refractivity contribution in [3.05, 3.63) is 29.6 Å². The van der Waals surface area contributed by atoms with E-state index in [4.69, 9.17) is 5.11 Å². The number of aliphatic hydroxyl groups excluding tert-OH is 1. The van der Waals surface area contributed by atoms with Crippen LogP contribution in [0.25, 0.3) is 0 Å². The number of aliphatic hydroxyl groups is 1. The lowest BCUT2D eigenvalue weighted by Crippen LogP contribution is -2.32. The molecule has 20 heavy (non-hydrogen) atoms. The Hall–Kier alpha value is -1.86. The Bertz CT molecular complexity index is 514. The van der Waals surface area contributed by atoms with Gasteiger partial charge in [-0.15, -0.1) is 0 Å². The molecule has 1 aliphatic heterocycles. The molecule has 1 aromatic rings. The van der Waals surface area contributed by atoms with Crippen LogP contribution >= 0.6 is 0 Å². The SMILES string of the molecule is CC1CCCN(C(=O)c2ccc(C#CCO)cn2)CC1. The van der Waals surface area contributed by atoms with E-state index in [0.29, 0.717) is 17.2 Å². The van der Waals surface area contributed by atoms with Crippen LogP contribution in [0.5, 0.6) is 0 Å². The number of nitrogens with zero attached hydrogens (tertiary/aromatic N) is 2. The van der Waals surface area contributed by atoms with Crippen LogP contribution in [-0.2, 0) is 0 Å². The van der Waals surface area contributed by atoms with Gasteiger partial charge in [-0.3, -0.25) is 4.79 Å². The standard InChI is InChI=1S/C16H20N2O2/c1-13-4-2-9-18(10-8-13)16(20)15-7-6-14(12-17-15)5-3-11-19/h6-7,12-13,19H,2,4,8-11H2,1H3. The molecule has 4 nitrogen and oxygen atoms in total. The Morgan fingerprint density at radius 3 is 3.00 bits per heavy atom. The molecule has 106 valence electrons. The number of amides is 1. The van der Waals surface area contributed by atoms with Crippen molar-refractivity contribution in [2.24, 2.45) is 5.92 Å². The summed E-state index contributed by atoms with van der Waals surface area (Å²) in [7, 11) is 0. The summed E-state index contributed by atoms with van der Waals surface area (Å²) in [5.74, 6) is 6.02. The molecular formula is C16H20N2O2. The minimum atomic E-state index is -0.174. The zero-order chi connectivity index (χ0) is 14.4. The summed E-state index contributed by atoms with van der Waals surface area (Å²) in [6, 6.07) is 3.47. The largest absolute Gasteiger partial charge is 0.384 e. The van der Waals surface area contributed by atoms with Gasteiger partial charge in [0.2, 0.25) is 0 Å². The first kappa shape index (κ1) is 14.5. The van der Waals surface area contributed by atoms with Gasteiger partial charge in [0.1, 0.15) is 12.3 Å². The second-order valence-corrected chi connectivity index (χ2v) is 5.22. The van der Waals surface area contributed by atoms with Crippen molar-refractivity contribution in [2.75, 3.05) is 19.7 Å². The van der Waals surface area contributed by atoms with Crippen LogP contribution in [-0.4, -0.2) is 40.6 Å². The van der Waals surface area contributed by atoms with Gasteiger partial charge in [0.05, 0.1) is 0 Å². The van der Waals surface area contributed by atoms with Gasteiger partial charge in [-0.25, -0.2) is 4.98 Å². The summed E-state index contributed by atoms with van der Waals surface area (Å²) >= 11 is 0. The Morgan fingerprint density at radius 1 is 1.45 bits per heavy atom. The highest BCUT2D eigenvalue weighted by Gasteiger charge is 2.20. The van der Waals surface area contributed by atoms with Gasteiger partial charge in [-0.2, -0.15) is 0 Å². The summed E-state index contributed by atoms with van der Waals surface area (Å²) < 4.78 is 0. The van der Waals surface area contributed by atoms with Crippen molar-refractivity contribution in [1.82, 2.24) is 9.88 Å². The van der Waals surface area contributed by atoms with Crippen molar-refractivity contribution in [3.63, 3.8) is 0 Å². The predicted molar refractivity (Wildman–Crippen MR) is 77.1 cm³/mol. The van der Waals surface area contributed by atoms with E-state index in [1.54, 1.807) is 18.3 Å². The molecule has 0 aromatic carbocycles. The van der Waals surface area contributed by atoms with Gasteiger partial charge in [-0.05, 0) is 37.3 Å². The number of rotatable bonds is 1. The van der Waals surface area contributed by atoms with E-state index >= 15 is 0 Å². The first-order valence-corrected chi connectivity index (χ1v) is 7.05. The highest BCUT2D eigenvalue weighted by atomic mass is 16.2. The number of likely N-dealkylation sites (tertiary alicyclic amines) is 1. The van der Waals surface area contributed by atoms with E-state index in [2.05, 4.69) is 23.7 Å². The fourth-order valence-corrected chi connectivity index (χ4v) is 2.36. The molecule has 2 rings (SSSR count). The maximum atomic E-state index is 12.4. The topological polar surface area (TPSA) is 53.4 Å².